The lowest BCUT2D eigenvalue weighted by Gasteiger charge is -2.30. The molecule has 1 aliphatic carbocycles. The van der Waals surface area contributed by atoms with Crippen LogP contribution in [0, 0.1) is 11.3 Å². The number of anilines is 1. The fourth-order valence-corrected chi connectivity index (χ4v) is 2.96. The van der Waals surface area contributed by atoms with Crippen molar-refractivity contribution in [1.29, 1.82) is 5.26 Å². The maximum Gasteiger partial charge on any atom is 0.323 e. The summed E-state index contributed by atoms with van der Waals surface area (Å²) in [5.74, 6) is -0.865. The average Bonchev–Trinajstić information content (AvgIpc) is 2.89. The zero-order valence-electron chi connectivity index (χ0n) is 10.5. The van der Waals surface area contributed by atoms with Gasteiger partial charge in [-0.1, -0.05) is 28.8 Å². The summed E-state index contributed by atoms with van der Waals surface area (Å²) in [5, 5.41) is 18.3. The molecule has 0 aromatic heterocycles. The lowest BCUT2D eigenvalue weighted by Crippen LogP contribution is -2.38. The average molecular weight is 323 g/mol. The molecule has 5 heteroatoms. The van der Waals surface area contributed by atoms with Crippen LogP contribution in [0.4, 0.5) is 5.69 Å². The monoisotopic (exact) mass is 322 g/mol. The van der Waals surface area contributed by atoms with E-state index in [1.54, 1.807) is 12.1 Å². The van der Waals surface area contributed by atoms with Crippen molar-refractivity contribution >= 4 is 27.6 Å². The maximum atomic E-state index is 11.1. The quantitative estimate of drug-likeness (QED) is 0.924. The summed E-state index contributed by atoms with van der Waals surface area (Å²) in [5.41, 5.74) is 1.24. The summed E-state index contributed by atoms with van der Waals surface area (Å²) >= 11 is 3.39. The molecule has 0 amide bonds. The third-order valence-electron chi connectivity index (χ3n) is 3.46. The zero-order chi connectivity index (χ0) is 13.8. The second-order valence-corrected chi connectivity index (χ2v) is 5.65. The van der Waals surface area contributed by atoms with Crippen LogP contribution in [-0.2, 0) is 4.79 Å². The lowest BCUT2D eigenvalue weighted by atomic mass is 10.1. The van der Waals surface area contributed by atoms with Gasteiger partial charge in [0.2, 0.25) is 0 Å². The number of rotatable bonds is 4. The molecule has 0 unspecified atom stereocenters. The van der Waals surface area contributed by atoms with E-state index in [4.69, 9.17) is 5.11 Å². The molecule has 0 spiro atoms. The van der Waals surface area contributed by atoms with Crippen LogP contribution in [-0.4, -0.2) is 23.7 Å². The summed E-state index contributed by atoms with van der Waals surface area (Å²) in [6.45, 7) is -0.0597. The van der Waals surface area contributed by atoms with Crippen molar-refractivity contribution in [1.82, 2.24) is 0 Å². The maximum absolute atomic E-state index is 11.1. The highest BCUT2D eigenvalue weighted by atomic mass is 79.9. The Bertz CT molecular complexity index is 519. The van der Waals surface area contributed by atoms with E-state index >= 15 is 0 Å². The molecule has 19 heavy (non-hydrogen) atoms. The molecule has 1 fully saturated rings. The molecule has 100 valence electrons. The number of carboxylic acid groups (broad SMARTS) is 1. The van der Waals surface area contributed by atoms with E-state index in [0.717, 1.165) is 30.2 Å². The first-order chi connectivity index (χ1) is 9.11. The van der Waals surface area contributed by atoms with E-state index in [1.807, 2.05) is 11.0 Å². The molecule has 1 aromatic carbocycles. The van der Waals surface area contributed by atoms with Gasteiger partial charge in [-0.25, -0.2) is 0 Å². The van der Waals surface area contributed by atoms with Gasteiger partial charge in [0.25, 0.3) is 0 Å². The van der Waals surface area contributed by atoms with Crippen molar-refractivity contribution in [3.63, 3.8) is 0 Å². The van der Waals surface area contributed by atoms with Gasteiger partial charge in [0.1, 0.15) is 12.6 Å². The van der Waals surface area contributed by atoms with Crippen molar-refractivity contribution in [3.8, 4) is 6.07 Å². The van der Waals surface area contributed by atoms with Crippen molar-refractivity contribution < 1.29 is 9.90 Å². The highest BCUT2D eigenvalue weighted by molar-refractivity contribution is 9.10. The van der Waals surface area contributed by atoms with Crippen LogP contribution in [0.3, 0.4) is 0 Å². The van der Waals surface area contributed by atoms with Crippen molar-refractivity contribution in [2.45, 2.75) is 31.7 Å². The van der Waals surface area contributed by atoms with Crippen LogP contribution in [0.25, 0.3) is 0 Å². The Hall–Kier alpha value is -1.54. The molecular weight excluding hydrogens is 308 g/mol. The number of benzene rings is 1. The van der Waals surface area contributed by atoms with Crippen molar-refractivity contribution in [3.05, 3.63) is 28.2 Å². The molecule has 1 aromatic rings. The summed E-state index contributed by atoms with van der Waals surface area (Å²) in [6.07, 6.45) is 4.22. The SMILES string of the molecule is N#Cc1ccc(Br)cc1N(CC(=O)O)C1CCCC1. The minimum absolute atomic E-state index is 0.0597. The largest absolute Gasteiger partial charge is 0.480 e. The third kappa shape index (κ3) is 3.27. The summed E-state index contributed by atoms with van der Waals surface area (Å²) in [7, 11) is 0. The first kappa shape index (κ1) is 13.9. The summed E-state index contributed by atoms with van der Waals surface area (Å²) in [6, 6.07) is 7.72. The first-order valence-electron chi connectivity index (χ1n) is 6.30. The van der Waals surface area contributed by atoms with Gasteiger partial charge >= 0.3 is 5.97 Å². The Kier molecular flexibility index (Phi) is 4.43. The molecular formula is C14H15BrN2O2. The van der Waals surface area contributed by atoms with Gasteiger partial charge in [0.05, 0.1) is 11.3 Å². The Labute approximate surface area is 120 Å². The Morgan fingerprint density at radius 1 is 1.47 bits per heavy atom. The zero-order valence-corrected chi connectivity index (χ0v) is 12.1. The first-order valence-corrected chi connectivity index (χ1v) is 7.09. The third-order valence-corrected chi connectivity index (χ3v) is 3.95. The number of hydrogen-bond acceptors (Lipinski definition) is 3. The number of nitriles is 1. The van der Waals surface area contributed by atoms with Crippen LogP contribution in [0.15, 0.2) is 22.7 Å². The fraction of sp³-hybridized carbons (Fsp3) is 0.429. The predicted molar refractivity (Wildman–Crippen MR) is 76.1 cm³/mol. The van der Waals surface area contributed by atoms with Crippen LogP contribution >= 0.6 is 15.9 Å². The van der Waals surface area contributed by atoms with Gasteiger partial charge in [0.15, 0.2) is 0 Å². The summed E-state index contributed by atoms with van der Waals surface area (Å²) < 4.78 is 0.856. The van der Waals surface area contributed by atoms with Gasteiger partial charge in [-0.2, -0.15) is 5.26 Å². The standard InChI is InChI=1S/C14H15BrN2O2/c15-11-6-5-10(8-16)13(7-11)17(9-14(18)19)12-3-1-2-4-12/h5-7,12H,1-4,9H2,(H,18,19). The smallest absolute Gasteiger partial charge is 0.323 e. The van der Waals surface area contributed by atoms with Gasteiger partial charge in [-0.15, -0.1) is 0 Å². The predicted octanol–water partition coefficient (Wildman–Crippen LogP) is 3.15. The van der Waals surface area contributed by atoms with Crippen molar-refractivity contribution in [2.24, 2.45) is 0 Å². The highest BCUT2D eigenvalue weighted by Gasteiger charge is 2.26. The number of nitrogens with zero attached hydrogens (tertiary/aromatic N) is 2. The Morgan fingerprint density at radius 2 is 2.16 bits per heavy atom. The molecule has 1 aliphatic rings. The number of carbonyl (C=O) groups is 1. The highest BCUT2D eigenvalue weighted by Crippen LogP contribution is 2.32. The topological polar surface area (TPSA) is 64.3 Å². The van der Waals surface area contributed by atoms with Gasteiger partial charge < -0.3 is 10.0 Å². The van der Waals surface area contributed by atoms with E-state index in [1.165, 1.54) is 0 Å². The number of carboxylic acids is 1. The molecule has 0 heterocycles. The number of hydrogen-bond donors (Lipinski definition) is 1. The van der Waals surface area contributed by atoms with E-state index in [2.05, 4.69) is 22.0 Å². The molecule has 4 nitrogen and oxygen atoms in total. The minimum atomic E-state index is -0.865. The lowest BCUT2D eigenvalue weighted by molar-refractivity contribution is -0.135. The molecule has 1 N–H and O–H groups in total. The number of aliphatic carboxylic acids is 1. The van der Waals surface area contributed by atoms with E-state index in [-0.39, 0.29) is 12.6 Å². The van der Waals surface area contributed by atoms with Crippen LogP contribution in [0.5, 0.6) is 0 Å². The fourth-order valence-electron chi connectivity index (χ4n) is 2.61. The molecule has 2 rings (SSSR count). The Balaban J connectivity index is 2.39. The molecule has 0 aliphatic heterocycles. The molecule has 0 radical (unpaired) electrons. The normalized spacial score (nSPS) is 15.2. The minimum Gasteiger partial charge on any atom is -0.480 e. The van der Waals surface area contributed by atoms with E-state index in [0.29, 0.717) is 11.3 Å². The van der Waals surface area contributed by atoms with Gasteiger partial charge in [0, 0.05) is 10.5 Å². The van der Waals surface area contributed by atoms with Crippen molar-refractivity contribution in [2.75, 3.05) is 11.4 Å². The van der Waals surface area contributed by atoms with E-state index < -0.39 is 5.97 Å². The van der Waals surface area contributed by atoms with E-state index in [9.17, 15) is 10.1 Å². The van der Waals surface area contributed by atoms with Crippen LogP contribution in [0.1, 0.15) is 31.2 Å². The molecule has 0 atom stereocenters. The second kappa shape index (κ2) is 6.07. The Morgan fingerprint density at radius 3 is 2.74 bits per heavy atom. The van der Waals surface area contributed by atoms with Gasteiger partial charge in [-0.3, -0.25) is 4.79 Å². The van der Waals surface area contributed by atoms with Crippen LogP contribution < -0.4 is 4.90 Å². The molecule has 1 saturated carbocycles. The summed E-state index contributed by atoms with van der Waals surface area (Å²) in [4.78, 5) is 12.9. The molecule has 0 saturated heterocycles. The van der Waals surface area contributed by atoms with Crippen LogP contribution in [0.2, 0.25) is 0 Å². The second-order valence-electron chi connectivity index (χ2n) is 4.73. The van der Waals surface area contributed by atoms with Gasteiger partial charge in [-0.05, 0) is 31.0 Å². The number of halogens is 1. The molecule has 0 bridgehead atoms.